The van der Waals surface area contributed by atoms with Crippen molar-refractivity contribution < 1.29 is 19.1 Å². The summed E-state index contributed by atoms with van der Waals surface area (Å²) in [4.78, 5) is 21.3. The summed E-state index contributed by atoms with van der Waals surface area (Å²) in [6, 6.07) is 0. The highest BCUT2D eigenvalue weighted by molar-refractivity contribution is 5.91. The molecule has 4 heteroatoms. The average Bonchev–Trinajstić information content (AvgIpc) is 2.12. The third kappa shape index (κ3) is 6.55. The summed E-state index contributed by atoms with van der Waals surface area (Å²) in [6.45, 7) is 6.63. The van der Waals surface area contributed by atoms with Crippen LogP contribution in [0, 0.1) is 0 Å². The Kier molecular flexibility index (Phi) is 5.88. The van der Waals surface area contributed by atoms with Gasteiger partial charge in [-0.1, -0.05) is 19.2 Å². The van der Waals surface area contributed by atoms with E-state index in [4.69, 9.17) is 0 Å². The van der Waals surface area contributed by atoms with Crippen molar-refractivity contribution in [3.8, 4) is 0 Å². The van der Waals surface area contributed by atoms with Crippen LogP contribution < -0.4 is 0 Å². The molecular weight excluding hydrogens is 172 g/mol. The molecule has 0 unspecified atom stereocenters. The predicted molar refractivity (Wildman–Crippen MR) is 46.6 cm³/mol. The molecule has 0 N–H and O–H groups in total. The van der Waals surface area contributed by atoms with Crippen LogP contribution in [0.3, 0.4) is 0 Å². The largest absolute Gasteiger partial charge is 0.458 e. The SMILES string of the molecule is C=CCOC(=O)/C=C/C(=O)OC=C. The van der Waals surface area contributed by atoms with Crippen molar-refractivity contribution in [1.82, 2.24) is 0 Å². The molecule has 4 nitrogen and oxygen atoms in total. The van der Waals surface area contributed by atoms with Gasteiger partial charge in [-0.25, -0.2) is 9.59 Å². The van der Waals surface area contributed by atoms with Crippen LogP contribution in [-0.4, -0.2) is 18.5 Å². The highest BCUT2D eigenvalue weighted by atomic mass is 16.5. The number of ether oxygens (including phenoxy) is 2. The first-order chi connectivity index (χ1) is 6.20. The van der Waals surface area contributed by atoms with E-state index >= 15 is 0 Å². The second kappa shape index (κ2) is 6.84. The third-order valence-electron chi connectivity index (χ3n) is 0.898. The van der Waals surface area contributed by atoms with E-state index in [1.165, 1.54) is 6.08 Å². The van der Waals surface area contributed by atoms with Crippen molar-refractivity contribution in [3.05, 3.63) is 37.6 Å². The highest BCUT2D eigenvalue weighted by Gasteiger charge is 1.97. The predicted octanol–water partition coefficient (Wildman–Crippen LogP) is 0.958. The smallest absolute Gasteiger partial charge is 0.335 e. The number of rotatable bonds is 5. The first-order valence-electron chi connectivity index (χ1n) is 3.48. The highest BCUT2D eigenvalue weighted by Crippen LogP contribution is 1.85. The van der Waals surface area contributed by atoms with Gasteiger partial charge in [0.1, 0.15) is 6.61 Å². The Morgan fingerprint density at radius 1 is 1.15 bits per heavy atom. The summed E-state index contributed by atoms with van der Waals surface area (Å²) >= 11 is 0. The second-order valence-electron chi connectivity index (χ2n) is 1.86. The molecule has 0 heterocycles. The molecule has 0 fully saturated rings. The molecule has 0 aromatic rings. The third-order valence-corrected chi connectivity index (χ3v) is 0.898. The zero-order valence-corrected chi connectivity index (χ0v) is 7.06. The van der Waals surface area contributed by atoms with Crippen LogP contribution >= 0.6 is 0 Å². The normalized spacial score (nSPS) is 9.23. The van der Waals surface area contributed by atoms with Crippen LogP contribution in [0.2, 0.25) is 0 Å². The van der Waals surface area contributed by atoms with E-state index in [2.05, 4.69) is 22.6 Å². The Bertz CT molecular complexity index is 240. The number of hydrogen-bond donors (Lipinski definition) is 0. The Morgan fingerprint density at radius 3 is 2.31 bits per heavy atom. The van der Waals surface area contributed by atoms with Crippen molar-refractivity contribution in [1.29, 1.82) is 0 Å². The maximum absolute atomic E-state index is 10.7. The molecular formula is C9H10O4. The van der Waals surface area contributed by atoms with Gasteiger partial charge in [0.25, 0.3) is 0 Å². The number of hydrogen-bond acceptors (Lipinski definition) is 4. The Hall–Kier alpha value is -1.84. The molecule has 0 amide bonds. The van der Waals surface area contributed by atoms with E-state index in [0.29, 0.717) is 0 Å². The first kappa shape index (κ1) is 11.2. The van der Waals surface area contributed by atoms with E-state index in [-0.39, 0.29) is 6.61 Å². The Labute approximate surface area is 76.1 Å². The van der Waals surface area contributed by atoms with Gasteiger partial charge >= 0.3 is 11.9 Å². The molecule has 0 rings (SSSR count). The van der Waals surface area contributed by atoms with Gasteiger partial charge in [-0.3, -0.25) is 0 Å². The van der Waals surface area contributed by atoms with Crippen LogP contribution in [0.25, 0.3) is 0 Å². The van der Waals surface area contributed by atoms with Crippen molar-refractivity contribution in [3.63, 3.8) is 0 Å². The Balaban J connectivity index is 3.82. The molecule has 0 aliphatic heterocycles. The lowest BCUT2D eigenvalue weighted by molar-refractivity contribution is -0.137. The fraction of sp³-hybridized carbons (Fsp3) is 0.111. The molecule has 0 atom stereocenters. The van der Waals surface area contributed by atoms with Crippen LogP contribution in [0.5, 0.6) is 0 Å². The minimum Gasteiger partial charge on any atom is -0.458 e. The zero-order valence-electron chi connectivity index (χ0n) is 7.06. The molecule has 0 aromatic carbocycles. The van der Waals surface area contributed by atoms with Crippen molar-refractivity contribution >= 4 is 11.9 Å². The van der Waals surface area contributed by atoms with Crippen molar-refractivity contribution in [2.75, 3.05) is 6.61 Å². The molecule has 0 aromatic heterocycles. The molecule has 0 saturated heterocycles. The van der Waals surface area contributed by atoms with Crippen molar-refractivity contribution in [2.24, 2.45) is 0 Å². The lowest BCUT2D eigenvalue weighted by Gasteiger charge is -1.94. The van der Waals surface area contributed by atoms with Crippen LogP contribution in [0.4, 0.5) is 0 Å². The molecule has 0 spiro atoms. The second-order valence-corrected chi connectivity index (χ2v) is 1.86. The summed E-state index contributed by atoms with van der Waals surface area (Å²) in [5, 5.41) is 0. The molecule has 70 valence electrons. The quantitative estimate of drug-likeness (QED) is 0.275. The van der Waals surface area contributed by atoms with Gasteiger partial charge in [0.2, 0.25) is 0 Å². The molecule has 0 radical (unpaired) electrons. The van der Waals surface area contributed by atoms with Gasteiger partial charge in [0.15, 0.2) is 0 Å². The molecule has 0 aliphatic carbocycles. The van der Waals surface area contributed by atoms with Crippen LogP contribution in [-0.2, 0) is 19.1 Å². The van der Waals surface area contributed by atoms with Gasteiger partial charge in [-0.15, -0.1) is 0 Å². The van der Waals surface area contributed by atoms with Gasteiger partial charge in [-0.2, -0.15) is 0 Å². The lowest BCUT2D eigenvalue weighted by Crippen LogP contribution is -2.02. The standard InChI is InChI=1S/C9H10O4/c1-3-7-13-9(11)6-5-8(10)12-4-2/h3-6H,1-2,7H2/b6-5+. The monoisotopic (exact) mass is 182 g/mol. The van der Waals surface area contributed by atoms with Crippen molar-refractivity contribution in [2.45, 2.75) is 0 Å². The summed E-state index contributed by atoms with van der Waals surface area (Å²) < 4.78 is 8.85. The number of carbonyl (C=O) groups excluding carboxylic acids is 2. The average molecular weight is 182 g/mol. The minimum atomic E-state index is -0.675. The summed E-state index contributed by atoms with van der Waals surface area (Å²) in [5.41, 5.74) is 0. The molecule has 0 aliphatic rings. The number of carbonyl (C=O) groups is 2. The number of esters is 2. The van der Waals surface area contributed by atoms with Gasteiger partial charge in [0, 0.05) is 12.2 Å². The summed E-state index contributed by atoms with van der Waals surface area (Å²) in [7, 11) is 0. The first-order valence-corrected chi connectivity index (χ1v) is 3.48. The van der Waals surface area contributed by atoms with Gasteiger partial charge < -0.3 is 9.47 Å². The van der Waals surface area contributed by atoms with E-state index < -0.39 is 11.9 Å². The van der Waals surface area contributed by atoms with E-state index in [0.717, 1.165) is 18.4 Å². The summed E-state index contributed by atoms with van der Waals surface area (Å²) in [6.07, 6.45) is 4.32. The van der Waals surface area contributed by atoms with E-state index in [1.807, 2.05) is 0 Å². The molecule has 0 bridgehead atoms. The lowest BCUT2D eigenvalue weighted by atomic mass is 10.5. The van der Waals surface area contributed by atoms with Crippen LogP contribution in [0.15, 0.2) is 37.6 Å². The Morgan fingerprint density at radius 2 is 1.77 bits per heavy atom. The topological polar surface area (TPSA) is 52.6 Å². The molecule has 13 heavy (non-hydrogen) atoms. The van der Waals surface area contributed by atoms with Crippen LogP contribution in [0.1, 0.15) is 0 Å². The fourth-order valence-corrected chi connectivity index (χ4v) is 0.447. The maximum Gasteiger partial charge on any atom is 0.335 e. The fourth-order valence-electron chi connectivity index (χ4n) is 0.447. The van der Waals surface area contributed by atoms with E-state index in [1.54, 1.807) is 0 Å². The van der Waals surface area contributed by atoms with Gasteiger partial charge in [-0.05, 0) is 0 Å². The minimum absolute atomic E-state index is 0.111. The van der Waals surface area contributed by atoms with E-state index in [9.17, 15) is 9.59 Å². The zero-order chi connectivity index (χ0) is 10.1. The summed E-state index contributed by atoms with van der Waals surface area (Å²) in [5.74, 6) is -1.30. The molecule has 0 saturated carbocycles. The van der Waals surface area contributed by atoms with Gasteiger partial charge in [0.05, 0.1) is 6.26 Å². The maximum atomic E-state index is 10.7.